The highest BCUT2D eigenvalue weighted by atomic mass is 19.1. The molecular weight excluding hydrogens is 699 g/mol. The first-order chi connectivity index (χ1) is 26.6. The van der Waals surface area contributed by atoms with Crippen molar-refractivity contribution >= 4 is 23.1 Å². The Morgan fingerprint density at radius 2 is 1.93 bits per heavy atom. The van der Waals surface area contributed by atoms with Crippen LogP contribution in [0.5, 0.6) is 11.5 Å². The molecule has 1 fully saturated rings. The number of anilines is 2. The van der Waals surface area contributed by atoms with Crippen LogP contribution in [0.1, 0.15) is 65.0 Å². The highest BCUT2D eigenvalue weighted by Gasteiger charge is 2.36. The Balaban J connectivity index is 0.00000106. The van der Waals surface area contributed by atoms with Crippen LogP contribution in [0.25, 0.3) is 0 Å². The van der Waals surface area contributed by atoms with Crippen LogP contribution < -0.4 is 25.0 Å². The van der Waals surface area contributed by atoms with Crippen LogP contribution in [0, 0.1) is 30.9 Å². The molecule has 2 aromatic rings. The van der Waals surface area contributed by atoms with Gasteiger partial charge in [0.25, 0.3) is 0 Å². The number of fused-ring (bicyclic) bond motifs is 3. The maximum atomic E-state index is 15.5. The molecule has 298 valence electrons. The zero-order valence-corrected chi connectivity index (χ0v) is 33.9. The molecule has 3 aliphatic rings. The minimum atomic E-state index is -0.715. The minimum Gasteiger partial charge on any atom is -0.488 e. The molecule has 0 bridgehead atoms. The number of carbonyl (C=O) groups excluding carboxylic acids is 1. The van der Waals surface area contributed by atoms with Gasteiger partial charge in [-0.3, -0.25) is 4.79 Å². The van der Waals surface area contributed by atoms with Crippen molar-refractivity contribution in [3.63, 3.8) is 0 Å². The van der Waals surface area contributed by atoms with Crippen molar-refractivity contribution in [3.8, 4) is 23.8 Å². The lowest BCUT2D eigenvalue weighted by atomic mass is 10.0. The number of aliphatic imine (C=N–C) groups is 1. The van der Waals surface area contributed by atoms with E-state index in [9.17, 15) is 4.79 Å². The van der Waals surface area contributed by atoms with Gasteiger partial charge in [-0.1, -0.05) is 58.4 Å². The third-order valence-electron chi connectivity index (χ3n) is 8.09. The molecule has 0 aliphatic carbocycles. The number of nitrogens with one attached hydrogen (secondary N) is 2. The monoisotopic (exact) mass is 758 g/mol. The van der Waals surface area contributed by atoms with Gasteiger partial charge in [0.05, 0.1) is 23.0 Å². The van der Waals surface area contributed by atoms with E-state index >= 15 is 8.78 Å². The van der Waals surface area contributed by atoms with Crippen molar-refractivity contribution in [1.29, 1.82) is 0 Å². The average molecular weight is 759 g/mol. The number of likely N-dealkylation sites (N-methyl/N-ethyl adjacent to an activating group) is 1. The summed E-state index contributed by atoms with van der Waals surface area (Å²) in [6.07, 6.45) is 21.3. The van der Waals surface area contributed by atoms with Crippen molar-refractivity contribution in [2.24, 2.45) is 4.99 Å². The van der Waals surface area contributed by atoms with Crippen LogP contribution in [0.15, 0.2) is 90.5 Å². The average Bonchev–Trinajstić information content (AvgIpc) is 3.19. The van der Waals surface area contributed by atoms with Gasteiger partial charge in [-0.05, 0) is 58.1 Å². The van der Waals surface area contributed by atoms with E-state index in [0.29, 0.717) is 62.2 Å². The van der Waals surface area contributed by atoms with E-state index in [-0.39, 0.29) is 23.4 Å². The Morgan fingerprint density at radius 1 is 1.20 bits per heavy atom. The molecule has 0 spiro atoms. The van der Waals surface area contributed by atoms with Crippen molar-refractivity contribution in [2.75, 3.05) is 63.6 Å². The molecule has 3 heterocycles. The fraction of sp³-hybridized carbons (Fsp3) is 0.409. The molecule has 55 heavy (non-hydrogen) atoms. The van der Waals surface area contributed by atoms with Gasteiger partial charge in [-0.25, -0.2) is 13.8 Å². The number of unbranched alkanes of at least 4 members (excludes halogenated alkanes) is 1. The van der Waals surface area contributed by atoms with Crippen molar-refractivity contribution in [2.45, 2.75) is 66.8 Å². The summed E-state index contributed by atoms with van der Waals surface area (Å²) < 4.78 is 42.7. The summed E-state index contributed by atoms with van der Waals surface area (Å²) >= 11 is 0. The van der Waals surface area contributed by atoms with E-state index in [1.165, 1.54) is 0 Å². The number of dihydropyridines is 1. The number of ether oxygens (including phenoxy) is 2. The maximum Gasteiger partial charge on any atom is 0.246 e. The lowest BCUT2D eigenvalue weighted by molar-refractivity contribution is -0.127. The van der Waals surface area contributed by atoms with Crippen LogP contribution in [0.3, 0.4) is 0 Å². The van der Waals surface area contributed by atoms with Gasteiger partial charge < -0.3 is 34.8 Å². The standard InChI is InChI=1S/C35H42F2N6O3.C4H6.C3H6.C2H6/c1-5-6-7-14-39-35(40-29-20-28(37)31(21-27(29)36)46-26-12-15-38-16-13-26)33-24(2)10-11-30-34(33)45-23-25-22-42(18-19-43(25)30)32(44)9-8-17-41(3)4;1-3-4-2;1-3-2;1-2/h7-15,20-21,25,38H,5-6,16-19,22-23H2,1-4H3,(H,39,40);1H,4H2,2H3;3H,1H2,2H3;1-2H3/b9-8+,14-7+;;;. The fourth-order valence-corrected chi connectivity index (χ4v) is 5.50. The van der Waals surface area contributed by atoms with Gasteiger partial charge in [-0.15, -0.1) is 18.9 Å². The number of allylic oxidation sites excluding steroid dienone is 3. The smallest absolute Gasteiger partial charge is 0.246 e. The Labute approximate surface area is 328 Å². The van der Waals surface area contributed by atoms with Crippen molar-refractivity contribution in [1.82, 2.24) is 15.1 Å². The third kappa shape index (κ3) is 14.1. The van der Waals surface area contributed by atoms with Gasteiger partial charge in [-0.2, -0.15) is 0 Å². The molecule has 1 unspecified atom stereocenters. The number of hydrogen-bond acceptors (Lipinski definition) is 7. The van der Waals surface area contributed by atoms with Crippen LogP contribution in [-0.4, -0.2) is 81.0 Å². The lowest BCUT2D eigenvalue weighted by Crippen LogP contribution is -2.58. The Kier molecular flexibility index (Phi) is 20.7. The Morgan fingerprint density at radius 3 is 2.56 bits per heavy atom. The number of benzene rings is 2. The van der Waals surface area contributed by atoms with E-state index in [1.807, 2.05) is 82.8 Å². The number of piperazine rings is 1. The van der Waals surface area contributed by atoms with Crippen LogP contribution >= 0.6 is 0 Å². The van der Waals surface area contributed by atoms with Gasteiger partial charge >= 0.3 is 0 Å². The second-order valence-electron chi connectivity index (χ2n) is 12.7. The third-order valence-corrected chi connectivity index (χ3v) is 8.09. The molecule has 1 amide bonds. The summed E-state index contributed by atoms with van der Waals surface area (Å²) in [7, 11) is 3.92. The van der Waals surface area contributed by atoms with Crippen LogP contribution in [0.4, 0.5) is 20.2 Å². The Hall–Kier alpha value is -5.34. The Bertz CT molecular complexity index is 1740. The number of nitrogens with zero attached hydrogens (tertiary/aromatic N) is 4. The quantitative estimate of drug-likeness (QED) is 0.0826. The maximum absolute atomic E-state index is 15.5. The van der Waals surface area contributed by atoms with Crippen molar-refractivity contribution < 1.29 is 23.0 Å². The van der Waals surface area contributed by atoms with Gasteiger partial charge in [0.2, 0.25) is 5.91 Å². The van der Waals surface area contributed by atoms with E-state index in [1.54, 1.807) is 36.7 Å². The number of hydrogen-bond donors (Lipinski definition) is 2. The molecule has 5 rings (SSSR count). The molecule has 1 saturated heterocycles. The first-order valence-electron chi connectivity index (χ1n) is 19.0. The second kappa shape index (κ2) is 24.9. The zero-order chi connectivity index (χ0) is 40.8. The molecular formula is C44H60F2N6O3. The highest BCUT2D eigenvalue weighted by molar-refractivity contribution is 6.12. The molecule has 0 aromatic heterocycles. The summed E-state index contributed by atoms with van der Waals surface area (Å²) in [6, 6.07) is 6.07. The van der Waals surface area contributed by atoms with Crippen LogP contribution in [0.2, 0.25) is 0 Å². The van der Waals surface area contributed by atoms with E-state index in [0.717, 1.165) is 42.6 Å². The van der Waals surface area contributed by atoms with E-state index in [2.05, 4.69) is 39.9 Å². The molecule has 2 N–H and O–H groups in total. The second-order valence-corrected chi connectivity index (χ2v) is 12.7. The fourth-order valence-electron chi connectivity index (χ4n) is 5.50. The van der Waals surface area contributed by atoms with Gasteiger partial charge in [0.1, 0.15) is 18.2 Å². The van der Waals surface area contributed by atoms with E-state index < -0.39 is 11.6 Å². The molecule has 3 aliphatic heterocycles. The summed E-state index contributed by atoms with van der Waals surface area (Å²) in [4.78, 5) is 23.6. The van der Waals surface area contributed by atoms with Crippen LogP contribution in [-0.2, 0) is 4.79 Å². The summed E-state index contributed by atoms with van der Waals surface area (Å²) in [5.74, 6) is 2.17. The summed E-state index contributed by atoms with van der Waals surface area (Å²) in [5, 5.41) is 6.04. The van der Waals surface area contributed by atoms with E-state index in [4.69, 9.17) is 15.9 Å². The molecule has 11 heteroatoms. The normalized spacial score (nSPS) is 15.7. The predicted molar refractivity (Wildman–Crippen MR) is 225 cm³/mol. The molecule has 1 atom stereocenters. The lowest BCUT2D eigenvalue weighted by Gasteiger charge is -2.46. The minimum absolute atomic E-state index is 0.0102. The number of amidine groups is 1. The molecule has 2 aromatic carbocycles. The first-order valence-corrected chi connectivity index (χ1v) is 19.0. The largest absolute Gasteiger partial charge is 0.488 e. The number of amides is 1. The number of halogens is 2. The molecule has 0 radical (unpaired) electrons. The highest BCUT2D eigenvalue weighted by Crippen LogP contribution is 2.40. The zero-order valence-electron chi connectivity index (χ0n) is 33.9. The first kappa shape index (κ1) is 45.8. The van der Waals surface area contributed by atoms with Crippen molar-refractivity contribution in [3.05, 3.63) is 108 Å². The predicted octanol–water partition coefficient (Wildman–Crippen LogP) is 8.60. The SMILES string of the molecule is C#CCC.C=CC.CC.CCC/C=C/N=C(Nc1cc(F)c(OC2=CCNC=C2)cc1F)c1c(C)ccc2c1OCC1CN(C(=O)/C=C/CN(C)C)CCN21. The molecule has 0 saturated carbocycles. The number of rotatable bonds is 10. The summed E-state index contributed by atoms with van der Waals surface area (Å²) in [6.45, 7) is 18.5. The molecule has 9 nitrogen and oxygen atoms in total. The van der Waals surface area contributed by atoms with Gasteiger partial charge in [0, 0.05) is 69.8 Å². The summed E-state index contributed by atoms with van der Waals surface area (Å²) in [5.41, 5.74) is 2.31. The van der Waals surface area contributed by atoms with Gasteiger partial charge in [0.15, 0.2) is 23.1 Å². The topological polar surface area (TPSA) is 81.7 Å². The number of terminal acetylenes is 1. The number of carbonyl (C=O) groups is 1. The number of aryl methyl sites for hydroxylation is 1.